The number of ether oxygens (including phenoxy) is 1. The first kappa shape index (κ1) is 17.4. The normalized spacial score (nSPS) is 16.0. The third-order valence-electron chi connectivity index (χ3n) is 4.45. The molecule has 134 valence electrons. The van der Waals surface area contributed by atoms with Gasteiger partial charge in [-0.1, -0.05) is 26.0 Å². The van der Waals surface area contributed by atoms with Crippen LogP contribution in [-0.2, 0) is 23.2 Å². The van der Waals surface area contributed by atoms with Gasteiger partial charge in [-0.2, -0.15) is 13.9 Å². The number of rotatable bonds is 5. The van der Waals surface area contributed by atoms with Crippen molar-refractivity contribution >= 4 is 5.91 Å². The molecule has 2 heterocycles. The topological polar surface area (TPSA) is 58.2 Å². The Hall–Kier alpha value is -2.44. The zero-order valence-electron chi connectivity index (χ0n) is 14.3. The SMILES string of the molecule is CC1(C)CN(C(=O)CCc2cccc(OC(F)F)c2)Cc2cn[nH]c21. The molecule has 1 aromatic heterocycles. The molecule has 7 heteroatoms. The lowest BCUT2D eigenvalue weighted by Gasteiger charge is -2.37. The summed E-state index contributed by atoms with van der Waals surface area (Å²) >= 11 is 0. The van der Waals surface area contributed by atoms with E-state index in [4.69, 9.17) is 0 Å². The highest BCUT2D eigenvalue weighted by molar-refractivity contribution is 5.77. The molecule has 0 atom stereocenters. The first-order valence-corrected chi connectivity index (χ1v) is 8.19. The fourth-order valence-electron chi connectivity index (χ4n) is 3.30. The average Bonchev–Trinajstić information content (AvgIpc) is 3.01. The number of nitrogens with one attached hydrogen (secondary N) is 1. The molecule has 1 aliphatic heterocycles. The van der Waals surface area contributed by atoms with Crippen molar-refractivity contribution in [2.75, 3.05) is 6.54 Å². The van der Waals surface area contributed by atoms with Gasteiger partial charge in [0.1, 0.15) is 5.75 Å². The highest BCUT2D eigenvalue weighted by Gasteiger charge is 2.35. The van der Waals surface area contributed by atoms with Crippen LogP contribution in [0.1, 0.15) is 37.1 Å². The minimum atomic E-state index is -2.85. The first-order valence-electron chi connectivity index (χ1n) is 8.19. The van der Waals surface area contributed by atoms with Gasteiger partial charge in [0.05, 0.1) is 6.20 Å². The number of hydrogen-bond donors (Lipinski definition) is 1. The molecule has 0 saturated heterocycles. The summed E-state index contributed by atoms with van der Waals surface area (Å²) in [6.45, 7) is 2.47. The summed E-state index contributed by atoms with van der Waals surface area (Å²) in [7, 11) is 0. The van der Waals surface area contributed by atoms with E-state index in [0.29, 0.717) is 25.9 Å². The molecule has 0 fully saturated rings. The van der Waals surface area contributed by atoms with Crippen molar-refractivity contribution in [3.8, 4) is 5.75 Å². The first-order chi connectivity index (χ1) is 11.8. The fraction of sp³-hybridized carbons (Fsp3) is 0.444. The van der Waals surface area contributed by atoms with Crippen LogP contribution in [0.3, 0.4) is 0 Å². The Morgan fingerprint density at radius 2 is 2.24 bits per heavy atom. The number of fused-ring (bicyclic) bond motifs is 1. The van der Waals surface area contributed by atoms with Crippen LogP contribution in [-0.4, -0.2) is 34.2 Å². The number of aromatic nitrogens is 2. The molecule has 1 aromatic carbocycles. The molecule has 5 nitrogen and oxygen atoms in total. The van der Waals surface area contributed by atoms with Gasteiger partial charge in [-0.05, 0) is 24.1 Å². The smallest absolute Gasteiger partial charge is 0.387 e. The maximum atomic E-state index is 12.6. The lowest BCUT2D eigenvalue weighted by atomic mass is 9.83. The second-order valence-corrected chi connectivity index (χ2v) is 6.93. The Labute approximate surface area is 145 Å². The summed E-state index contributed by atoms with van der Waals surface area (Å²) in [5.41, 5.74) is 2.74. The number of halogens is 2. The van der Waals surface area contributed by atoms with Crippen molar-refractivity contribution < 1.29 is 18.3 Å². The lowest BCUT2D eigenvalue weighted by molar-refractivity contribution is -0.133. The highest BCUT2D eigenvalue weighted by Crippen LogP contribution is 2.31. The van der Waals surface area contributed by atoms with Crippen LogP contribution in [0.25, 0.3) is 0 Å². The van der Waals surface area contributed by atoms with E-state index in [0.717, 1.165) is 16.8 Å². The van der Waals surface area contributed by atoms with E-state index in [1.165, 1.54) is 6.07 Å². The van der Waals surface area contributed by atoms with Crippen LogP contribution in [0.5, 0.6) is 5.75 Å². The second-order valence-electron chi connectivity index (χ2n) is 6.93. The van der Waals surface area contributed by atoms with Crippen molar-refractivity contribution in [3.05, 3.63) is 47.3 Å². The molecule has 0 unspecified atom stereocenters. The Kier molecular flexibility index (Phi) is 4.74. The molecule has 3 rings (SSSR count). The van der Waals surface area contributed by atoms with E-state index in [-0.39, 0.29) is 17.1 Å². The van der Waals surface area contributed by atoms with Gasteiger partial charge >= 0.3 is 6.61 Å². The zero-order chi connectivity index (χ0) is 18.0. The van der Waals surface area contributed by atoms with Crippen molar-refractivity contribution in [1.29, 1.82) is 0 Å². The number of carbonyl (C=O) groups excluding carboxylic acids is 1. The molecule has 2 aromatic rings. The number of alkyl halides is 2. The predicted molar refractivity (Wildman–Crippen MR) is 88.4 cm³/mol. The summed E-state index contributed by atoms with van der Waals surface area (Å²) in [4.78, 5) is 14.4. The summed E-state index contributed by atoms with van der Waals surface area (Å²) in [6, 6.07) is 6.48. The number of H-pyrrole nitrogens is 1. The van der Waals surface area contributed by atoms with E-state index < -0.39 is 6.61 Å². The number of nitrogens with zero attached hydrogens (tertiary/aromatic N) is 2. The van der Waals surface area contributed by atoms with Crippen LogP contribution in [0, 0.1) is 0 Å². The van der Waals surface area contributed by atoms with Gasteiger partial charge in [-0.25, -0.2) is 0 Å². The largest absolute Gasteiger partial charge is 0.435 e. The molecule has 25 heavy (non-hydrogen) atoms. The summed E-state index contributed by atoms with van der Waals surface area (Å²) in [6.07, 6.45) is 2.57. The number of amides is 1. The van der Waals surface area contributed by atoms with Crippen LogP contribution >= 0.6 is 0 Å². The van der Waals surface area contributed by atoms with Crippen LogP contribution in [0.4, 0.5) is 8.78 Å². The number of carbonyl (C=O) groups is 1. The number of aryl methyl sites for hydroxylation is 1. The fourth-order valence-corrected chi connectivity index (χ4v) is 3.30. The standard InChI is InChI=1S/C18H21F2N3O2/c1-18(2)11-23(10-13-9-21-22-16(13)18)15(24)7-6-12-4-3-5-14(8-12)25-17(19)20/h3-5,8-9,17H,6-7,10-11H2,1-2H3,(H,21,22). The molecule has 0 radical (unpaired) electrons. The molecule has 1 N–H and O–H groups in total. The minimum Gasteiger partial charge on any atom is -0.435 e. The Bertz CT molecular complexity index is 758. The Balaban J connectivity index is 1.62. The van der Waals surface area contributed by atoms with Gasteiger partial charge in [-0.15, -0.1) is 0 Å². The van der Waals surface area contributed by atoms with Gasteiger partial charge < -0.3 is 9.64 Å². The zero-order valence-corrected chi connectivity index (χ0v) is 14.3. The van der Waals surface area contributed by atoms with Gasteiger partial charge in [0.25, 0.3) is 0 Å². The van der Waals surface area contributed by atoms with Crippen LogP contribution < -0.4 is 4.74 Å². The quantitative estimate of drug-likeness (QED) is 0.901. The minimum absolute atomic E-state index is 0.0418. The van der Waals surface area contributed by atoms with Crippen molar-refractivity contribution in [2.24, 2.45) is 0 Å². The maximum absolute atomic E-state index is 12.6. The maximum Gasteiger partial charge on any atom is 0.387 e. The van der Waals surface area contributed by atoms with Crippen LogP contribution in [0.15, 0.2) is 30.5 Å². The van der Waals surface area contributed by atoms with Crippen molar-refractivity contribution in [3.63, 3.8) is 0 Å². The van der Waals surface area contributed by atoms with Gasteiger partial charge in [0, 0.05) is 36.2 Å². The summed E-state index contributed by atoms with van der Waals surface area (Å²) in [5, 5.41) is 7.11. The number of aromatic amines is 1. The van der Waals surface area contributed by atoms with Crippen LogP contribution in [0.2, 0.25) is 0 Å². The summed E-state index contributed by atoms with van der Waals surface area (Å²) < 4.78 is 29.0. The van der Waals surface area contributed by atoms with E-state index in [9.17, 15) is 13.6 Å². The second kappa shape index (κ2) is 6.82. The van der Waals surface area contributed by atoms with Crippen molar-refractivity contribution in [1.82, 2.24) is 15.1 Å². The third kappa shape index (κ3) is 3.97. The van der Waals surface area contributed by atoms with Gasteiger partial charge in [-0.3, -0.25) is 9.89 Å². The molecule has 0 spiro atoms. The molecule has 0 saturated carbocycles. The van der Waals surface area contributed by atoms with Gasteiger partial charge in [0.2, 0.25) is 5.91 Å². The lowest BCUT2D eigenvalue weighted by Crippen LogP contribution is -2.45. The predicted octanol–water partition coefficient (Wildman–Crippen LogP) is 3.26. The van der Waals surface area contributed by atoms with E-state index >= 15 is 0 Å². The third-order valence-corrected chi connectivity index (χ3v) is 4.45. The summed E-state index contributed by atoms with van der Waals surface area (Å²) in [5.74, 6) is 0.155. The molecule has 1 aliphatic rings. The molecule has 0 aliphatic carbocycles. The molecule has 0 bridgehead atoms. The molecular weight excluding hydrogens is 328 g/mol. The van der Waals surface area contributed by atoms with E-state index in [1.54, 1.807) is 24.4 Å². The molecular formula is C18H21F2N3O2. The Morgan fingerprint density at radius 3 is 3.00 bits per heavy atom. The highest BCUT2D eigenvalue weighted by atomic mass is 19.3. The van der Waals surface area contributed by atoms with Gasteiger partial charge in [0.15, 0.2) is 0 Å². The Morgan fingerprint density at radius 1 is 1.44 bits per heavy atom. The number of benzene rings is 1. The average molecular weight is 349 g/mol. The number of hydrogen-bond acceptors (Lipinski definition) is 3. The monoisotopic (exact) mass is 349 g/mol. The van der Waals surface area contributed by atoms with Crippen molar-refractivity contribution in [2.45, 2.75) is 45.3 Å². The van der Waals surface area contributed by atoms with E-state index in [2.05, 4.69) is 28.8 Å². The molecule has 1 amide bonds. The van der Waals surface area contributed by atoms with E-state index in [1.807, 2.05) is 4.90 Å².